The molecule has 0 aliphatic rings. The van der Waals surface area contributed by atoms with E-state index in [1.807, 2.05) is 30.3 Å². The van der Waals surface area contributed by atoms with Crippen LogP contribution in [0, 0.1) is 0 Å². The number of rotatable bonds is 5. The van der Waals surface area contributed by atoms with E-state index in [-0.39, 0.29) is 24.9 Å². The van der Waals surface area contributed by atoms with E-state index in [1.165, 1.54) is 15.7 Å². The maximum Gasteiger partial charge on any atom is 0.374 e. The number of likely N-dealkylation sites (N-methyl/N-ethyl adjacent to an activating group) is 1. The standard InChI is InChI=1S/C15H17N3O3/c1-3-21-15(20)14-16-9-10-18(14)11-13(19)17(2)12-7-5-4-6-8-12/h4-10H,3,11H2,1-2H3. The summed E-state index contributed by atoms with van der Waals surface area (Å²) in [6.45, 7) is 2.02. The Kier molecular flexibility index (Phi) is 4.71. The third-order valence-corrected chi connectivity index (χ3v) is 3.00. The average Bonchev–Trinajstić information content (AvgIpc) is 2.95. The molecule has 0 saturated carbocycles. The molecular weight excluding hydrogens is 270 g/mol. The van der Waals surface area contributed by atoms with Gasteiger partial charge in [0.2, 0.25) is 11.7 Å². The number of esters is 1. The Labute approximate surface area is 123 Å². The van der Waals surface area contributed by atoms with Crippen molar-refractivity contribution in [1.29, 1.82) is 0 Å². The molecule has 2 aromatic rings. The lowest BCUT2D eigenvalue weighted by Gasteiger charge is -2.18. The van der Waals surface area contributed by atoms with Gasteiger partial charge in [0.25, 0.3) is 0 Å². The topological polar surface area (TPSA) is 64.4 Å². The molecule has 0 unspecified atom stereocenters. The number of carbonyl (C=O) groups excluding carboxylic acids is 2. The molecule has 0 N–H and O–H groups in total. The zero-order chi connectivity index (χ0) is 15.2. The fraction of sp³-hybridized carbons (Fsp3) is 0.267. The number of carbonyl (C=O) groups is 2. The lowest BCUT2D eigenvalue weighted by Crippen LogP contribution is -2.31. The highest BCUT2D eigenvalue weighted by Gasteiger charge is 2.18. The smallest absolute Gasteiger partial charge is 0.374 e. The maximum atomic E-state index is 12.3. The van der Waals surface area contributed by atoms with Crippen LogP contribution in [0.2, 0.25) is 0 Å². The first-order valence-corrected chi connectivity index (χ1v) is 6.63. The minimum Gasteiger partial charge on any atom is -0.460 e. The first-order valence-electron chi connectivity index (χ1n) is 6.63. The summed E-state index contributed by atoms with van der Waals surface area (Å²) in [6.07, 6.45) is 3.06. The number of para-hydroxylation sites is 1. The molecule has 2 rings (SSSR count). The van der Waals surface area contributed by atoms with E-state index < -0.39 is 5.97 Å². The Morgan fingerprint density at radius 2 is 2.00 bits per heavy atom. The fourth-order valence-electron chi connectivity index (χ4n) is 1.87. The molecule has 0 aliphatic heterocycles. The van der Waals surface area contributed by atoms with Crippen molar-refractivity contribution in [2.24, 2.45) is 0 Å². The number of nitrogens with zero attached hydrogens (tertiary/aromatic N) is 3. The van der Waals surface area contributed by atoms with Gasteiger partial charge in [-0.2, -0.15) is 0 Å². The highest BCUT2D eigenvalue weighted by atomic mass is 16.5. The first-order chi connectivity index (χ1) is 10.1. The Bertz CT molecular complexity index is 622. The summed E-state index contributed by atoms with van der Waals surface area (Å²) >= 11 is 0. The first kappa shape index (κ1) is 14.8. The minimum atomic E-state index is -0.530. The van der Waals surface area contributed by atoms with Crippen LogP contribution in [0.15, 0.2) is 42.7 Å². The van der Waals surface area contributed by atoms with Gasteiger partial charge < -0.3 is 14.2 Å². The summed E-state index contributed by atoms with van der Waals surface area (Å²) in [5.41, 5.74) is 0.792. The third-order valence-electron chi connectivity index (χ3n) is 3.00. The third kappa shape index (κ3) is 3.47. The van der Waals surface area contributed by atoms with Crippen molar-refractivity contribution in [2.75, 3.05) is 18.6 Å². The molecule has 0 radical (unpaired) electrons. The number of hydrogen-bond donors (Lipinski definition) is 0. The quantitative estimate of drug-likeness (QED) is 0.785. The van der Waals surface area contributed by atoms with Crippen LogP contribution in [-0.4, -0.2) is 35.1 Å². The van der Waals surface area contributed by atoms with Crippen LogP contribution in [0.4, 0.5) is 5.69 Å². The van der Waals surface area contributed by atoms with Gasteiger partial charge >= 0.3 is 5.97 Å². The van der Waals surface area contributed by atoms with Crippen molar-refractivity contribution in [3.63, 3.8) is 0 Å². The fourth-order valence-corrected chi connectivity index (χ4v) is 1.87. The van der Waals surface area contributed by atoms with E-state index in [1.54, 1.807) is 20.2 Å². The maximum absolute atomic E-state index is 12.3. The number of anilines is 1. The van der Waals surface area contributed by atoms with Gasteiger partial charge in [0, 0.05) is 25.1 Å². The van der Waals surface area contributed by atoms with Crippen LogP contribution >= 0.6 is 0 Å². The van der Waals surface area contributed by atoms with Crippen molar-refractivity contribution < 1.29 is 14.3 Å². The monoisotopic (exact) mass is 287 g/mol. The molecule has 0 aliphatic carbocycles. The molecule has 0 atom stereocenters. The van der Waals surface area contributed by atoms with Crippen molar-refractivity contribution in [3.8, 4) is 0 Å². The molecule has 0 fully saturated rings. The molecule has 0 saturated heterocycles. The Morgan fingerprint density at radius 1 is 1.29 bits per heavy atom. The molecule has 110 valence electrons. The molecule has 21 heavy (non-hydrogen) atoms. The highest BCUT2D eigenvalue weighted by Crippen LogP contribution is 2.12. The van der Waals surface area contributed by atoms with Gasteiger partial charge in [-0.15, -0.1) is 0 Å². The highest BCUT2D eigenvalue weighted by molar-refractivity contribution is 5.93. The number of imidazole rings is 1. The second kappa shape index (κ2) is 6.69. The Hall–Kier alpha value is -2.63. The summed E-state index contributed by atoms with van der Waals surface area (Å²) in [7, 11) is 1.69. The summed E-state index contributed by atoms with van der Waals surface area (Å²) in [5.74, 6) is -0.547. The van der Waals surface area contributed by atoms with Crippen LogP contribution in [0.1, 0.15) is 17.5 Å². The van der Waals surface area contributed by atoms with Crippen molar-refractivity contribution >= 4 is 17.6 Å². The largest absolute Gasteiger partial charge is 0.460 e. The van der Waals surface area contributed by atoms with E-state index in [0.29, 0.717) is 0 Å². The van der Waals surface area contributed by atoms with Gasteiger partial charge in [-0.25, -0.2) is 9.78 Å². The van der Waals surface area contributed by atoms with Crippen LogP contribution in [0.5, 0.6) is 0 Å². The van der Waals surface area contributed by atoms with Crippen LogP contribution in [0.25, 0.3) is 0 Å². The average molecular weight is 287 g/mol. The normalized spacial score (nSPS) is 10.2. The van der Waals surface area contributed by atoms with Gasteiger partial charge in [0.05, 0.1) is 6.61 Å². The van der Waals surface area contributed by atoms with Crippen molar-refractivity contribution in [1.82, 2.24) is 9.55 Å². The Morgan fingerprint density at radius 3 is 2.67 bits per heavy atom. The zero-order valence-electron chi connectivity index (χ0n) is 12.0. The minimum absolute atomic E-state index is 0.0273. The van der Waals surface area contributed by atoms with Crippen molar-refractivity contribution in [3.05, 3.63) is 48.5 Å². The van der Waals surface area contributed by atoms with Gasteiger partial charge in [0.15, 0.2) is 0 Å². The molecule has 0 bridgehead atoms. The number of aromatic nitrogens is 2. The number of amides is 1. The summed E-state index contributed by atoms with van der Waals surface area (Å²) < 4.78 is 6.39. The number of benzene rings is 1. The zero-order valence-corrected chi connectivity index (χ0v) is 12.0. The summed E-state index contributed by atoms with van der Waals surface area (Å²) in [6, 6.07) is 9.30. The van der Waals surface area contributed by atoms with E-state index in [2.05, 4.69) is 4.98 Å². The lowest BCUT2D eigenvalue weighted by molar-refractivity contribution is -0.118. The van der Waals surface area contributed by atoms with Gasteiger partial charge in [0.1, 0.15) is 6.54 Å². The van der Waals surface area contributed by atoms with E-state index in [4.69, 9.17) is 4.74 Å². The molecule has 1 aromatic heterocycles. The lowest BCUT2D eigenvalue weighted by atomic mass is 10.3. The Balaban J connectivity index is 2.10. The molecule has 6 nitrogen and oxygen atoms in total. The molecular formula is C15H17N3O3. The van der Waals surface area contributed by atoms with Gasteiger partial charge in [-0.3, -0.25) is 4.79 Å². The SMILES string of the molecule is CCOC(=O)c1nccn1CC(=O)N(C)c1ccccc1. The van der Waals surface area contributed by atoms with E-state index >= 15 is 0 Å². The number of ether oxygens (including phenoxy) is 1. The summed E-state index contributed by atoms with van der Waals surface area (Å²) in [4.78, 5) is 29.5. The second-order valence-corrected chi connectivity index (χ2v) is 4.39. The molecule has 1 heterocycles. The molecule has 1 aromatic carbocycles. The van der Waals surface area contributed by atoms with Crippen LogP contribution in [0.3, 0.4) is 0 Å². The molecule has 6 heteroatoms. The predicted octanol–water partition coefficient (Wildman–Crippen LogP) is 1.72. The summed E-state index contributed by atoms with van der Waals surface area (Å²) in [5, 5.41) is 0. The number of hydrogen-bond acceptors (Lipinski definition) is 4. The van der Waals surface area contributed by atoms with E-state index in [9.17, 15) is 9.59 Å². The van der Waals surface area contributed by atoms with Crippen LogP contribution < -0.4 is 4.90 Å². The van der Waals surface area contributed by atoms with Crippen molar-refractivity contribution in [2.45, 2.75) is 13.5 Å². The molecule has 1 amide bonds. The van der Waals surface area contributed by atoms with Gasteiger partial charge in [-0.05, 0) is 19.1 Å². The van der Waals surface area contributed by atoms with Crippen LogP contribution in [-0.2, 0) is 16.1 Å². The predicted molar refractivity (Wildman–Crippen MR) is 78.0 cm³/mol. The second-order valence-electron chi connectivity index (χ2n) is 4.39. The van der Waals surface area contributed by atoms with E-state index in [0.717, 1.165) is 5.69 Å². The van der Waals surface area contributed by atoms with Gasteiger partial charge in [-0.1, -0.05) is 18.2 Å². The molecule has 0 spiro atoms.